The second kappa shape index (κ2) is 5.17. The van der Waals surface area contributed by atoms with E-state index in [9.17, 15) is 14.7 Å². The molecule has 1 rings (SSSR count). The largest absolute Gasteiger partial charge is 0.452 e. The molecule has 1 saturated heterocycles. The molecular formula is C8H12O7. The Morgan fingerprint density at radius 2 is 2.27 bits per heavy atom. The molecule has 86 valence electrons. The third-order valence-corrected chi connectivity index (χ3v) is 2.10. The van der Waals surface area contributed by atoms with Crippen LogP contribution in [0.1, 0.15) is 0 Å². The maximum atomic E-state index is 10.6. The summed E-state index contributed by atoms with van der Waals surface area (Å²) in [4.78, 5) is 20.6. The molecule has 0 bridgehead atoms. The first-order valence-electron chi connectivity index (χ1n) is 4.34. The molecule has 0 unspecified atom stereocenters. The molecular weight excluding hydrogens is 208 g/mol. The van der Waals surface area contributed by atoms with Crippen LogP contribution in [-0.4, -0.2) is 65.2 Å². The lowest BCUT2D eigenvalue weighted by Gasteiger charge is -2.22. The Morgan fingerprint density at radius 1 is 1.60 bits per heavy atom. The molecule has 1 heterocycles. The molecule has 3 N–H and O–H groups in total. The van der Waals surface area contributed by atoms with Crippen LogP contribution in [0.3, 0.4) is 0 Å². The minimum Gasteiger partial charge on any atom is -0.452 e. The molecule has 0 aliphatic carbocycles. The zero-order valence-electron chi connectivity index (χ0n) is 7.78. The van der Waals surface area contributed by atoms with Gasteiger partial charge in [0.2, 0.25) is 6.29 Å². The molecule has 15 heavy (non-hydrogen) atoms. The number of carbonyl (C=O) groups excluding carboxylic acids is 2. The minimum atomic E-state index is -1.25. The third-order valence-electron chi connectivity index (χ3n) is 2.10. The van der Waals surface area contributed by atoms with Crippen molar-refractivity contribution in [3.8, 4) is 0 Å². The molecule has 7 nitrogen and oxygen atoms in total. The molecule has 0 aromatic heterocycles. The van der Waals surface area contributed by atoms with E-state index < -0.39 is 37.0 Å². The summed E-state index contributed by atoms with van der Waals surface area (Å²) in [6, 6.07) is 0. The van der Waals surface area contributed by atoms with Crippen molar-refractivity contribution < 1.29 is 34.4 Å². The van der Waals surface area contributed by atoms with E-state index >= 15 is 0 Å². The Balaban J connectivity index is 2.58. The van der Waals surface area contributed by atoms with Gasteiger partial charge in [0, 0.05) is 0 Å². The van der Waals surface area contributed by atoms with Crippen molar-refractivity contribution in [1.29, 1.82) is 0 Å². The molecule has 0 saturated carbocycles. The van der Waals surface area contributed by atoms with Gasteiger partial charge in [0.05, 0.1) is 13.2 Å². The lowest BCUT2D eigenvalue weighted by atomic mass is 10.1. The molecule has 1 aliphatic heterocycles. The van der Waals surface area contributed by atoms with Crippen molar-refractivity contribution in [2.75, 3.05) is 13.2 Å². The van der Waals surface area contributed by atoms with Crippen LogP contribution in [0.2, 0.25) is 0 Å². The quantitative estimate of drug-likeness (QED) is 0.266. The summed E-state index contributed by atoms with van der Waals surface area (Å²) in [5, 5.41) is 27.4. The zero-order valence-corrected chi connectivity index (χ0v) is 7.78. The summed E-state index contributed by atoms with van der Waals surface area (Å²) in [6.45, 7) is -0.713. The van der Waals surface area contributed by atoms with Gasteiger partial charge in [0.1, 0.15) is 18.3 Å². The molecule has 0 spiro atoms. The van der Waals surface area contributed by atoms with Gasteiger partial charge >= 0.3 is 5.97 Å². The van der Waals surface area contributed by atoms with Crippen LogP contribution in [0.4, 0.5) is 0 Å². The highest BCUT2D eigenvalue weighted by molar-refractivity contribution is 6.20. The second-order valence-corrected chi connectivity index (χ2v) is 3.13. The van der Waals surface area contributed by atoms with Crippen molar-refractivity contribution in [3.05, 3.63) is 0 Å². The first-order valence-corrected chi connectivity index (χ1v) is 4.34. The van der Waals surface area contributed by atoms with Crippen LogP contribution in [0.25, 0.3) is 0 Å². The smallest absolute Gasteiger partial charge is 0.371 e. The van der Waals surface area contributed by atoms with Gasteiger partial charge < -0.3 is 24.8 Å². The van der Waals surface area contributed by atoms with Crippen molar-refractivity contribution in [2.24, 2.45) is 0 Å². The van der Waals surface area contributed by atoms with E-state index in [2.05, 4.69) is 4.74 Å². The molecule has 0 aromatic rings. The summed E-state index contributed by atoms with van der Waals surface area (Å²) < 4.78 is 9.42. The van der Waals surface area contributed by atoms with Gasteiger partial charge in [-0.15, -0.1) is 0 Å². The maximum Gasteiger partial charge on any atom is 0.371 e. The van der Waals surface area contributed by atoms with Gasteiger partial charge in [-0.2, -0.15) is 0 Å². The molecule has 1 fully saturated rings. The van der Waals surface area contributed by atoms with Crippen molar-refractivity contribution >= 4 is 12.3 Å². The number of ether oxygens (including phenoxy) is 2. The Hall–Kier alpha value is -1.02. The number of esters is 1. The first kappa shape index (κ1) is 12.1. The van der Waals surface area contributed by atoms with E-state index in [0.29, 0.717) is 0 Å². The van der Waals surface area contributed by atoms with Crippen molar-refractivity contribution in [3.63, 3.8) is 0 Å². The molecule has 4 atom stereocenters. The molecule has 0 aromatic carbocycles. The van der Waals surface area contributed by atoms with E-state index in [-0.39, 0.29) is 12.9 Å². The van der Waals surface area contributed by atoms with Gasteiger partial charge in [-0.3, -0.25) is 4.79 Å². The maximum absolute atomic E-state index is 10.6. The number of rotatable bonds is 4. The molecule has 1 aliphatic rings. The average Bonchev–Trinajstić information content (AvgIpc) is 2.56. The summed E-state index contributed by atoms with van der Waals surface area (Å²) in [5.74, 6) is -1.16. The Labute approximate surface area is 85.2 Å². The number of hydrogen-bond acceptors (Lipinski definition) is 7. The lowest BCUT2D eigenvalue weighted by molar-refractivity contribution is -0.164. The van der Waals surface area contributed by atoms with Crippen LogP contribution in [0.15, 0.2) is 0 Å². The zero-order chi connectivity index (χ0) is 11.4. The van der Waals surface area contributed by atoms with Gasteiger partial charge in [-0.25, -0.2) is 4.79 Å². The van der Waals surface area contributed by atoms with Gasteiger partial charge in [0.25, 0.3) is 0 Å². The Kier molecular flexibility index (Phi) is 4.15. The average molecular weight is 220 g/mol. The number of hydrogen-bond donors (Lipinski definition) is 3. The lowest BCUT2D eigenvalue weighted by Crippen LogP contribution is -2.43. The van der Waals surface area contributed by atoms with E-state index in [1.807, 2.05) is 0 Å². The highest BCUT2D eigenvalue weighted by Crippen LogP contribution is 2.19. The highest BCUT2D eigenvalue weighted by atomic mass is 16.6. The third kappa shape index (κ3) is 2.72. The summed E-state index contributed by atoms with van der Waals surface area (Å²) in [5.41, 5.74) is 0. The number of aliphatic hydroxyl groups excluding tert-OH is 3. The minimum absolute atomic E-state index is 0.0551. The van der Waals surface area contributed by atoms with E-state index in [0.717, 1.165) is 0 Å². The van der Waals surface area contributed by atoms with Gasteiger partial charge in [-0.1, -0.05) is 0 Å². The normalized spacial score (nSPS) is 32.3. The number of aldehydes is 1. The fraction of sp³-hybridized carbons (Fsp3) is 0.750. The Morgan fingerprint density at radius 3 is 2.67 bits per heavy atom. The van der Waals surface area contributed by atoms with Gasteiger partial charge in [-0.05, 0) is 0 Å². The van der Waals surface area contributed by atoms with Crippen LogP contribution in [0.5, 0.6) is 0 Å². The highest BCUT2D eigenvalue weighted by Gasteiger charge is 2.41. The fourth-order valence-electron chi connectivity index (χ4n) is 1.34. The summed E-state index contributed by atoms with van der Waals surface area (Å²) in [7, 11) is 0. The predicted molar refractivity (Wildman–Crippen MR) is 44.8 cm³/mol. The van der Waals surface area contributed by atoms with E-state index in [1.165, 1.54) is 0 Å². The van der Waals surface area contributed by atoms with E-state index in [1.54, 1.807) is 0 Å². The summed E-state index contributed by atoms with van der Waals surface area (Å²) in [6.07, 6.45) is -4.57. The summed E-state index contributed by atoms with van der Waals surface area (Å²) >= 11 is 0. The van der Waals surface area contributed by atoms with Crippen LogP contribution >= 0.6 is 0 Å². The Bertz CT molecular complexity index is 241. The number of aliphatic hydroxyl groups is 3. The first-order chi connectivity index (χ1) is 7.10. The number of carbonyl (C=O) groups is 2. The van der Waals surface area contributed by atoms with Crippen molar-refractivity contribution in [2.45, 2.75) is 24.4 Å². The SMILES string of the molecule is O=CC(=O)O[C@H](CO)[C@H]1OC[C@H](O)[C@H]1O. The van der Waals surface area contributed by atoms with Crippen LogP contribution in [0, 0.1) is 0 Å². The van der Waals surface area contributed by atoms with Crippen LogP contribution in [-0.2, 0) is 19.1 Å². The standard InChI is InChI=1S/C8H12O7/c9-1-5(15-6(12)2-10)8-7(13)4(11)3-14-8/h2,4-5,7-9,11,13H,1,3H2/t4-,5+,7+,8+/m0/s1. The van der Waals surface area contributed by atoms with Gasteiger partial charge in [0.15, 0.2) is 6.10 Å². The predicted octanol–water partition coefficient (Wildman–Crippen LogP) is -2.79. The second-order valence-electron chi connectivity index (χ2n) is 3.13. The topological polar surface area (TPSA) is 113 Å². The van der Waals surface area contributed by atoms with Crippen molar-refractivity contribution in [1.82, 2.24) is 0 Å². The molecule has 0 amide bonds. The molecule has 0 radical (unpaired) electrons. The molecule has 7 heteroatoms. The monoisotopic (exact) mass is 220 g/mol. The fourth-order valence-corrected chi connectivity index (χ4v) is 1.34. The van der Waals surface area contributed by atoms with Crippen LogP contribution < -0.4 is 0 Å². The van der Waals surface area contributed by atoms with E-state index in [4.69, 9.17) is 14.9 Å².